The summed E-state index contributed by atoms with van der Waals surface area (Å²) >= 11 is 0. The van der Waals surface area contributed by atoms with E-state index >= 15 is 0 Å². The van der Waals surface area contributed by atoms with Crippen molar-refractivity contribution in [3.63, 3.8) is 0 Å². The van der Waals surface area contributed by atoms with Crippen LogP contribution in [0.2, 0.25) is 0 Å². The van der Waals surface area contributed by atoms with E-state index in [1.165, 1.54) is 0 Å². The molecule has 2 aliphatic carbocycles. The second kappa shape index (κ2) is 6.60. The summed E-state index contributed by atoms with van der Waals surface area (Å²) in [5.41, 5.74) is 0. The van der Waals surface area contributed by atoms with Gasteiger partial charge in [-0.1, -0.05) is 26.0 Å². The van der Waals surface area contributed by atoms with Crippen molar-refractivity contribution in [2.45, 2.75) is 20.3 Å². The quantitative estimate of drug-likeness (QED) is 0.725. The molecule has 1 saturated carbocycles. The van der Waals surface area contributed by atoms with E-state index in [4.69, 9.17) is 4.74 Å². The maximum Gasteiger partial charge on any atom is 0.307 e. The largest absolute Gasteiger partial charge is 0.481 e. The van der Waals surface area contributed by atoms with Gasteiger partial charge in [0.15, 0.2) is 0 Å². The molecule has 1 amide bonds. The van der Waals surface area contributed by atoms with Crippen LogP contribution in [0, 0.1) is 29.6 Å². The molecule has 0 radical (unpaired) electrons. The number of carbonyl (C=O) groups excluding carboxylic acids is 1. The number of methoxy groups -OCH3 is 1. The minimum Gasteiger partial charge on any atom is -0.481 e. The monoisotopic (exact) mass is 295 g/mol. The molecule has 4 atom stereocenters. The summed E-state index contributed by atoms with van der Waals surface area (Å²) in [6.07, 6.45) is 4.79. The van der Waals surface area contributed by atoms with Crippen molar-refractivity contribution in [1.29, 1.82) is 0 Å². The number of ether oxygens (including phenoxy) is 1. The van der Waals surface area contributed by atoms with Crippen molar-refractivity contribution in [3.05, 3.63) is 12.2 Å². The first kappa shape index (κ1) is 16.0. The van der Waals surface area contributed by atoms with Crippen LogP contribution >= 0.6 is 0 Å². The molecular formula is C16H25NO4. The Hall–Kier alpha value is -1.36. The van der Waals surface area contributed by atoms with E-state index in [0.29, 0.717) is 25.6 Å². The highest BCUT2D eigenvalue weighted by Crippen LogP contribution is 2.48. The molecule has 2 rings (SSSR count). The standard InChI is InChI=1S/C16H25NO4/c1-10(2)9-17(6-7-21-3)15(18)13-11-4-5-12(8-11)14(13)16(19)20/h4-5,10-14H,6-9H2,1-3H3,(H,19,20)/t11?,12?,13-,14+/m0/s1. The molecule has 118 valence electrons. The van der Waals surface area contributed by atoms with Gasteiger partial charge in [0.05, 0.1) is 18.4 Å². The van der Waals surface area contributed by atoms with Gasteiger partial charge in [-0.3, -0.25) is 9.59 Å². The Morgan fingerprint density at radius 3 is 2.43 bits per heavy atom. The Labute approximate surface area is 126 Å². The van der Waals surface area contributed by atoms with E-state index in [1.807, 2.05) is 12.2 Å². The van der Waals surface area contributed by atoms with E-state index in [2.05, 4.69) is 13.8 Å². The third-order valence-electron chi connectivity index (χ3n) is 4.49. The fraction of sp³-hybridized carbons (Fsp3) is 0.750. The van der Waals surface area contributed by atoms with Gasteiger partial charge < -0.3 is 14.7 Å². The summed E-state index contributed by atoms with van der Waals surface area (Å²) < 4.78 is 5.08. The van der Waals surface area contributed by atoms with E-state index in [0.717, 1.165) is 6.42 Å². The molecule has 0 aromatic carbocycles. The van der Waals surface area contributed by atoms with Crippen molar-refractivity contribution < 1.29 is 19.4 Å². The average Bonchev–Trinajstić information content (AvgIpc) is 3.02. The zero-order chi connectivity index (χ0) is 15.6. The Morgan fingerprint density at radius 1 is 1.29 bits per heavy atom. The van der Waals surface area contributed by atoms with Crippen LogP contribution in [0.1, 0.15) is 20.3 Å². The maximum atomic E-state index is 12.9. The topological polar surface area (TPSA) is 66.8 Å². The lowest BCUT2D eigenvalue weighted by molar-refractivity contribution is -0.151. The van der Waals surface area contributed by atoms with E-state index in [-0.39, 0.29) is 17.7 Å². The molecule has 0 aromatic rings. The molecule has 2 unspecified atom stereocenters. The second-order valence-corrected chi connectivity index (χ2v) is 6.51. The molecule has 0 aromatic heterocycles. The summed E-state index contributed by atoms with van der Waals surface area (Å²) in [4.78, 5) is 26.2. The van der Waals surface area contributed by atoms with E-state index in [1.54, 1.807) is 12.0 Å². The number of rotatable bonds is 7. The van der Waals surface area contributed by atoms with Gasteiger partial charge in [0.1, 0.15) is 0 Å². The zero-order valence-electron chi connectivity index (χ0n) is 13.0. The summed E-state index contributed by atoms with van der Waals surface area (Å²) in [5, 5.41) is 9.47. The SMILES string of the molecule is COCCN(CC(C)C)C(=O)[C@H]1C2C=CC(C2)[C@H]1C(=O)O. The van der Waals surface area contributed by atoms with Crippen molar-refractivity contribution in [2.24, 2.45) is 29.6 Å². The lowest BCUT2D eigenvalue weighted by Gasteiger charge is -2.31. The minimum atomic E-state index is -0.846. The molecule has 5 heteroatoms. The highest BCUT2D eigenvalue weighted by atomic mass is 16.5. The van der Waals surface area contributed by atoms with Gasteiger partial charge in [-0.15, -0.1) is 0 Å². The number of hydrogen-bond donors (Lipinski definition) is 1. The van der Waals surface area contributed by atoms with Gasteiger partial charge in [0, 0.05) is 20.2 Å². The first-order valence-electron chi connectivity index (χ1n) is 7.64. The van der Waals surface area contributed by atoms with Gasteiger partial charge in [-0.25, -0.2) is 0 Å². The van der Waals surface area contributed by atoms with Crippen molar-refractivity contribution >= 4 is 11.9 Å². The molecule has 1 fully saturated rings. The maximum absolute atomic E-state index is 12.9. The number of hydrogen-bond acceptors (Lipinski definition) is 3. The third kappa shape index (κ3) is 3.28. The van der Waals surface area contributed by atoms with Crippen LogP contribution in [0.25, 0.3) is 0 Å². The normalized spacial score (nSPS) is 30.1. The number of carbonyl (C=O) groups is 2. The van der Waals surface area contributed by atoms with E-state index < -0.39 is 17.8 Å². The number of fused-ring (bicyclic) bond motifs is 2. The predicted octanol–water partition coefficient (Wildman–Crippen LogP) is 1.64. The molecule has 0 heterocycles. The fourth-order valence-corrected chi connectivity index (χ4v) is 3.64. The van der Waals surface area contributed by atoms with E-state index in [9.17, 15) is 14.7 Å². The van der Waals surface area contributed by atoms with Crippen LogP contribution < -0.4 is 0 Å². The van der Waals surface area contributed by atoms with Crippen LogP contribution in [0.15, 0.2) is 12.2 Å². The van der Waals surface area contributed by atoms with Crippen molar-refractivity contribution in [1.82, 2.24) is 4.90 Å². The van der Waals surface area contributed by atoms with Crippen LogP contribution in [-0.2, 0) is 14.3 Å². The smallest absolute Gasteiger partial charge is 0.307 e. The van der Waals surface area contributed by atoms with Crippen LogP contribution in [0.5, 0.6) is 0 Å². The molecule has 2 aliphatic rings. The molecule has 0 aliphatic heterocycles. The molecule has 21 heavy (non-hydrogen) atoms. The number of carboxylic acid groups (broad SMARTS) is 1. The summed E-state index contributed by atoms with van der Waals surface area (Å²) in [6.45, 7) is 5.77. The average molecular weight is 295 g/mol. The van der Waals surface area contributed by atoms with Gasteiger partial charge in [-0.2, -0.15) is 0 Å². The summed E-state index contributed by atoms with van der Waals surface area (Å²) in [6, 6.07) is 0. The van der Waals surface area contributed by atoms with Crippen molar-refractivity contribution in [2.75, 3.05) is 26.8 Å². The number of nitrogens with zero attached hydrogens (tertiary/aromatic N) is 1. The Bertz CT molecular complexity index is 432. The van der Waals surface area contributed by atoms with Crippen LogP contribution in [-0.4, -0.2) is 48.7 Å². The van der Waals surface area contributed by atoms with Crippen molar-refractivity contribution in [3.8, 4) is 0 Å². The summed E-state index contributed by atoms with van der Waals surface area (Å²) in [7, 11) is 1.61. The molecular weight excluding hydrogens is 270 g/mol. The zero-order valence-corrected chi connectivity index (χ0v) is 13.0. The number of amides is 1. The molecule has 0 saturated heterocycles. The summed E-state index contributed by atoms with van der Waals surface area (Å²) in [5.74, 6) is -1.39. The Balaban J connectivity index is 2.14. The van der Waals surface area contributed by atoms with Gasteiger partial charge >= 0.3 is 5.97 Å². The van der Waals surface area contributed by atoms with Gasteiger partial charge in [-0.05, 0) is 24.2 Å². The number of aliphatic carboxylic acids is 1. The van der Waals surface area contributed by atoms with Crippen LogP contribution in [0.3, 0.4) is 0 Å². The molecule has 5 nitrogen and oxygen atoms in total. The Morgan fingerprint density at radius 2 is 1.90 bits per heavy atom. The number of allylic oxidation sites excluding steroid dienone is 2. The second-order valence-electron chi connectivity index (χ2n) is 6.51. The number of carboxylic acids is 1. The lowest BCUT2D eigenvalue weighted by atomic mass is 9.82. The first-order chi connectivity index (χ1) is 9.95. The highest BCUT2D eigenvalue weighted by Gasteiger charge is 2.52. The van der Waals surface area contributed by atoms with Crippen LogP contribution in [0.4, 0.5) is 0 Å². The minimum absolute atomic E-state index is 0.0183. The Kier molecular flexibility index (Phi) is 5.04. The fourth-order valence-electron chi connectivity index (χ4n) is 3.64. The van der Waals surface area contributed by atoms with Gasteiger partial charge in [0.2, 0.25) is 5.91 Å². The van der Waals surface area contributed by atoms with Gasteiger partial charge in [0.25, 0.3) is 0 Å². The third-order valence-corrected chi connectivity index (χ3v) is 4.49. The first-order valence-corrected chi connectivity index (χ1v) is 7.64. The molecule has 2 bridgehead atoms. The lowest BCUT2D eigenvalue weighted by Crippen LogP contribution is -2.45. The highest BCUT2D eigenvalue weighted by molar-refractivity contribution is 5.87. The predicted molar refractivity (Wildman–Crippen MR) is 78.6 cm³/mol. The molecule has 0 spiro atoms. The molecule has 1 N–H and O–H groups in total.